The van der Waals surface area contributed by atoms with Gasteiger partial charge in [-0.15, -0.1) is 18.5 Å². The van der Waals surface area contributed by atoms with Crippen LogP contribution < -0.4 is 35.4 Å². The molecule has 3 aromatic carbocycles. The third-order valence-corrected chi connectivity index (χ3v) is 5.66. The van der Waals surface area contributed by atoms with E-state index in [1.54, 1.807) is 0 Å². The van der Waals surface area contributed by atoms with Gasteiger partial charge in [-0.05, 0) is 73.0 Å². The Morgan fingerprint density at radius 1 is 0.593 bits per heavy atom. The molecular weight excluding hydrogens is 488 g/mol. The second kappa shape index (κ2) is 17.0. The average molecular weight is 518 g/mol. The van der Waals surface area contributed by atoms with Gasteiger partial charge in [0.05, 0.1) is 0 Å². The molecule has 0 aliphatic rings. The molecule has 3 aromatic rings. The molecule has 0 aliphatic heterocycles. The molecule has 0 saturated carbocycles. The van der Waals surface area contributed by atoms with E-state index in [-0.39, 0.29) is 51.0 Å². The first-order valence-electron chi connectivity index (χ1n) is 8.15. The second-order valence-electron chi connectivity index (χ2n) is 5.91. The monoisotopic (exact) mass is 515 g/mol. The topological polar surface area (TPSA) is 0 Å². The Hall–Kier alpha value is 0.113. The second-order valence-corrected chi connectivity index (χ2v) is 7.16. The zero-order valence-corrected chi connectivity index (χ0v) is 23.0. The van der Waals surface area contributed by atoms with E-state index in [1.807, 2.05) is 60.7 Å². The minimum Gasteiger partial charge on any atom is -1.00 e. The third kappa shape index (κ3) is 11.0. The molecule has 1 radical (unpaired) electrons. The van der Waals surface area contributed by atoms with Crippen LogP contribution in [0.3, 0.4) is 0 Å². The average Bonchev–Trinajstić information content (AvgIpc) is 3.18. The van der Waals surface area contributed by atoms with Crippen molar-refractivity contribution in [2.24, 2.45) is 0 Å². The summed E-state index contributed by atoms with van der Waals surface area (Å²) in [6.07, 6.45) is 0. The van der Waals surface area contributed by atoms with Crippen LogP contribution in [0.4, 0.5) is 0 Å². The summed E-state index contributed by atoms with van der Waals surface area (Å²) in [7, 11) is 5.46. The number of rotatable bonds is 0. The first-order valence-corrected chi connectivity index (χ1v) is 9.31. The molecule has 0 N–H and O–H groups in total. The van der Waals surface area contributed by atoms with Crippen molar-refractivity contribution in [1.82, 2.24) is 0 Å². The van der Waals surface area contributed by atoms with Crippen LogP contribution in [0.25, 0.3) is 0 Å². The summed E-state index contributed by atoms with van der Waals surface area (Å²) in [5.74, 6) is 0. The molecule has 0 aromatic heterocycles. The molecule has 145 valence electrons. The molecular formula is C22H29Cl2P2Zr. The Morgan fingerprint density at radius 3 is 1.22 bits per heavy atom. The summed E-state index contributed by atoms with van der Waals surface area (Å²) >= 11 is 0. The van der Waals surface area contributed by atoms with E-state index < -0.39 is 0 Å². The van der Waals surface area contributed by atoms with Gasteiger partial charge >= 0.3 is 26.2 Å². The minimum absolute atomic E-state index is 0. The Kier molecular flexibility index (Phi) is 20.0. The van der Waals surface area contributed by atoms with E-state index in [0.717, 1.165) is 0 Å². The third-order valence-electron chi connectivity index (χ3n) is 4.41. The van der Waals surface area contributed by atoms with E-state index >= 15 is 0 Å². The van der Waals surface area contributed by atoms with Crippen molar-refractivity contribution < 1.29 is 51.0 Å². The molecule has 0 heterocycles. The summed E-state index contributed by atoms with van der Waals surface area (Å²) in [6.45, 7) is 11.0. The Labute approximate surface area is 202 Å². The largest absolute Gasteiger partial charge is 3.00 e. The van der Waals surface area contributed by atoms with Gasteiger partial charge in [0.2, 0.25) is 0 Å². The fraction of sp³-hybridized carbons (Fsp3) is 0.227. The fourth-order valence-corrected chi connectivity index (χ4v) is 2.96. The predicted molar refractivity (Wildman–Crippen MR) is 117 cm³/mol. The zero-order chi connectivity index (χ0) is 18.1. The van der Waals surface area contributed by atoms with Crippen LogP contribution in [0, 0.1) is 34.6 Å². The van der Waals surface area contributed by atoms with Crippen molar-refractivity contribution in [2.75, 3.05) is 0 Å². The van der Waals surface area contributed by atoms with Crippen LogP contribution in [0.1, 0.15) is 27.8 Å². The van der Waals surface area contributed by atoms with Crippen molar-refractivity contribution in [1.29, 1.82) is 0 Å². The van der Waals surface area contributed by atoms with Gasteiger partial charge in [0.25, 0.3) is 0 Å². The van der Waals surface area contributed by atoms with E-state index in [2.05, 4.69) is 53.1 Å². The van der Waals surface area contributed by atoms with Crippen molar-refractivity contribution in [3.05, 3.63) is 88.5 Å². The smallest absolute Gasteiger partial charge is 1.00 e. The Morgan fingerprint density at radius 2 is 0.963 bits per heavy atom. The molecule has 0 saturated heterocycles. The molecule has 0 aliphatic carbocycles. The van der Waals surface area contributed by atoms with Crippen LogP contribution in [-0.2, 0) is 26.2 Å². The summed E-state index contributed by atoms with van der Waals surface area (Å²) in [5.41, 5.74) is 7.14. The van der Waals surface area contributed by atoms with Gasteiger partial charge in [0, 0.05) is 0 Å². The molecule has 0 fully saturated rings. The van der Waals surface area contributed by atoms with Gasteiger partial charge in [-0.25, -0.2) is 12.1 Å². The van der Waals surface area contributed by atoms with Gasteiger partial charge in [-0.3, -0.25) is 0 Å². The summed E-state index contributed by atoms with van der Waals surface area (Å²) in [4.78, 5) is 0. The zero-order valence-electron chi connectivity index (χ0n) is 16.7. The molecule has 3 rings (SSSR count). The van der Waals surface area contributed by atoms with Crippen molar-refractivity contribution >= 4 is 29.1 Å². The van der Waals surface area contributed by atoms with Crippen molar-refractivity contribution in [2.45, 2.75) is 34.6 Å². The first kappa shape index (κ1) is 31.8. The van der Waals surface area contributed by atoms with Crippen LogP contribution in [-0.4, -0.2) is 0 Å². The summed E-state index contributed by atoms with van der Waals surface area (Å²) in [5, 5.41) is 2.61. The van der Waals surface area contributed by atoms with Gasteiger partial charge in [0.1, 0.15) is 0 Å². The maximum atomic E-state index is 2.84. The van der Waals surface area contributed by atoms with E-state index in [1.165, 1.54) is 38.4 Å². The van der Waals surface area contributed by atoms with Gasteiger partial charge in [-0.2, -0.15) is 18.2 Å². The molecule has 0 amide bonds. The number of halogens is 2. The quantitative estimate of drug-likeness (QED) is 0.274. The number of hydrogen-bond acceptors (Lipinski definition) is 0. The standard InChI is InChI=1S/C11H17P.C6H7P.C5H5.2ClH.Zr/c1-6-7(2)9(4)11(12)10(5)8(6)3;7-6-4-2-1-3-5-6;1-2-4-5-3-1;;;/h12H2,1-5H3;1-5H,7H2;1-5H;2*1H;/q;;-1;;;+3/p-2. The van der Waals surface area contributed by atoms with Crippen molar-refractivity contribution in [3.8, 4) is 0 Å². The number of hydrogen-bond donors (Lipinski definition) is 0. The maximum absolute atomic E-state index is 2.84. The summed E-state index contributed by atoms with van der Waals surface area (Å²) < 4.78 is 0. The number of benzene rings is 2. The predicted octanol–water partition coefficient (Wildman–Crippen LogP) is -0.673. The van der Waals surface area contributed by atoms with Crippen LogP contribution in [0.15, 0.2) is 60.7 Å². The van der Waals surface area contributed by atoms with Gasteiger partial charge in [-0.1, -0.05) is 30.3 Å². The molecule has 2 unspecified atom stereocenters. The normalized spacial score (nSPS) is 8.41. The van der Waals surface area contributed by atoms with Gasteiger partial charge in [0.15, 0.2) is 0 Å². The Bertz CT molecular complexity index is 621. The minimum atomic E-state index is 0. The molecule has 0 nitrogen and oxygen atoms in total. The summed E-state index contributed by atoms with van der Waals surface area (Å²) in [6, 6.07) is 20.1. The molecule has 0 bridgehead atoms. The molecule has 0 spiro atoms. The van der Waals surface area contributed by atoms with Crippen LogP contribution >= 0.6 is 18.5 Å². The fourth-order valence-electron chi connectivity index (χ4n) is 2.30. The molecule has 27 heavy (non-hydrogen) atoms. The first-order chi connectivity index (χ1) is 11.4. The molecule has 5 heteroatoms. The van der Waals surface area contributed by atoms with E-state index in [4.69, 9.17) is 0 Å². The van der Waals surface area contributed by atoms with E-state index in [0.29, 0.717) is 0 Å². The maximum Gasteiger partial charge on any atom is 3.00 e. The van der Waals surface area contributed by atoms with Crippen molar-refractivity contribution in [3.63, 3.8) is 0 Å². The van der Waals surface area contributed by atoms with Crippen LogP contribution in [0.5, 0.6) is 0 Å². The van der Waals surface area contributed by atoms with E-state index in [9.17, 15) is 0 Å². The van der Waals surface area contributed by atoms with Gasteiger partial charge < -0.3 is 24.8 Å². The Balaban J connectivity index is -0.000000331. The SMILES string of the molecule is Cc1c(C)c(C)c(P)c(C)c1C.Pc1ccccc1.[Cl-].[Cl-].[Zr+3].c1cc[cH-]c1. The molecule has 2 atom stereocenters. The van der Waals surface area contributed by atoms with Crippen LogP contribution in [0.2, 0.25) is 0 Å².